The highest BCUT2D eigenvalue weighted by molar-refractivity contribution is 9.11. The van der Waals surface area contributed by atoms with E-state index in [1.807, 2.05) is 13.8 Å². The van der Waals surface area contributed by atoms with Crippen molar-refractivity contribution in [3.63, 3.8) is 0 Å². The van der Waals surface area contributed by atoms with Crippen LogP contribution in [0.1, 0.15) is 24.2 Å². The molecule has 6 heteroatoms. The van der Waals surface area contributed by atoms with Crippen LogP contribution in [0.4, 0.5) is 0 Å². The fraction of sp³-hybridized carbons (Fsp3) is 0.500. The number of thiophene rings is 1. The summed E-state index contributed by atoms with van der Waals surface area (Å²) in [5, 5.41) is 4.56. The van der Waals surface area contributed by atoms with Crippen molar-refractivity contribution in [2.75, 3.05) is 20.1 Å². The van der Waals surface area contributed by atoms with Gasteiger partial charge in [0.15, 0.2) is 0 Å². The van der Waals surface area contributed by atoms with Crippen molar-refractivity contribution in [2.45, 2.75) is 13.8 Å². The second-order valence-electron chi connectivity index (χ2n) is 4.50. The van der Waals surface area contributed by atoms with Crippen molar-refractivity contribution < 1.29 is 9.59 Å². The van der Waals surface area contributed by atoms with Crippen molar-refractivity contribution in [2.24, 2.45) is 5.92 Å². The van der Waals surface area contributed by atoms with Crippen LogP contribution in [0.25, 0.3) is 0 Å². The first-order chi connectivity index (χ1) is 8.40. The monoisotopic (exact) mass is 332 g/mol. The Kier molecular flexibility index (Phi) is 5.81. The first-order valence-electron chi connectivity index (χ1n) is 5.66. The van der Waals surface area contributed by atoms with Gasteiger partial charge in [0.2, 0.25) is 5.91 Å². The van der Waals surface area contributed by atoms with E-state index in [1.165, 1.54) is 16.2 Å². The number of hydrogen-bond acceptors (Lipinski definition) is 3. The average molecular weight is 333 g/mol. The molecule has 2 amide bonds. The topological polar surface area (TPSA) is 49.4 Å². The summed E-state index contributed by atoms with van der Waals surface area (Å²) in [4.78, 5) is 25.0. The Balaban J connectivity index is 2.47. The van der Waals surface area contributed by atoms with Crippen LogP contribution in [0.15, 0.2) is 15.2 Å². The molecule has 0 fully saturated rings. The number of nitrogens with zero attached hydrogens (tertiary/aromatic N) is 1. The minimum atomic E-state index is -0.142. The average Bonchev–Trinajstić information content (AvgIpc) is 2.72. The van der Waals surface area contributed by atoms with E-state index in [-0.39, 0.29) is 18.4 Å². The molecular weight excluding hydrogens is 316 g/mol. The van der Waals surface area contributed by atoms with E-state index in [2.05, 4.69) is 21.2 Å². The highest BCUT2D eigenvalue weighted by atomic mass is 79.9. The lowest BCUT2D eigenvalue weighted by atomic mass is 10.2. The van der Waals surface area contributed by atoms with Gasteiger partial charge in [-0.25, -0.2) is 0 Å². The Morgan fingerprint density at radius 3 is 2.67 bits per heavy atom. The maximum Gasteiger partial charge on any atom is 0.254 e. The van der Waals surface area contributed by atoms with Crippen LogP contribution >= 0.6 is 27.3 Å². The second-order valence-corrected chi connectivity index (χ2v) is 6.79. The van der Waals surface area contributed by atoms with E-state index >= 15 is 0 Å². The molecule has 0 aliphatic rings. The van der Waals surface area contributed by atoms with Crippen molar-refractivity contribution in [3.05, 3.63) is 20.8 Å². The molecule has 0 aromatic carbocycles. The maximum absolute atomic E-state index is 12.0. The fourth-order valence-corrected chi connectivity index (χ4v) is 2.43. The minimum Gasteiger partial charge on any atom is -0.354 e. The summed E-state index contributed by atoms with van der Waals surface area (Å²) in [5.41, 5.74) is 0.603. The molecule has 0 unspecified atom stereocenters. The van der Waals surface area contributed by atoms with Gasteiger partial charge in [0, 0.05) is 19.0 Å². The number of halogens is 1. The Labute approximate surface area is 119 Å². The van der Waals surface area contributed by atoms with Gasteiger partial charge >= 0.3 is 0 Å². The van der Waals surface area contributed by atoms with Crippen molar-refractivity contribution >= 4 is 39.1 Å². The standard InChI is InChI=1S/C12H17BrN2O2S/c1-8(2)5-14-11(16)6-15(3)12(17)9-4-10(13)18-7-9/h4,7-8H,5-6H2,1-3H3,(H,14,16). The second kappa shape index (κ2) is 6.89. The third kappa shape index (κ3) is 4.78. The van der Waals surface area contributed by atoms with Gasteiger partial charge in [-0.2, -0.15) is 0 Å². The molecule has 1 heterocycles. The largest absolute Gasteiger partial charge is 0.354 e. The molecule has 0 bridgehead atoms. The number of carbonyl (C=O) groups is 2. The molecule has 100 valence electrons. The van der Waals surface area contributed by atoms with Crippen LogP contribution in [-0.4, -0.2) is 36.9 Å². The van der Waals surface area contributed by atoms with E-state index in [4.69, 9.17) is 0 Å². The predicted octanol–water partition coefficient (Wildman–Crippen LogP) is 2.35. The molecular formula is C12H17BrN2O2S. The zero-order valence-electron chi connectivity index (χ0n) is 10.7. The number of hydrogen-bond donors (Lipinski definition) is 1. The molecule has 0 aliphatic heterocycles. The highest BCUT2D eigenvalue weighted by Gasteiger charge is 2.16. The zero-order valence-corrected chi connectivity index (χ0v) is 13.1. The van der Waals surface area contributed by atoms with Crippen LogP contribution in [-0.2, 0) is 4.79 Å². The number of likely N-dealkylation sites (N-methyl/N-ethyl adjacent to an activating group) is 1. The van der Waals surface area contributed by atoms with Crippen LogP contribution in [0.2, 0.25) is 0 Å². The van der Waals surface area contributed by atoms with E-state index in [0.717, 1.165) is 3.79 Å². The highest BCUT2D eigenvalue weighted by Crippen LogP contribution is 2.21. The van der Waals surface area contributed by atoms with E-state index in [0.29, 0.717) is 18.0 Å². The molecule has 1 rings (SSSR count). The molecule has 0 radical (unpaired) electrons. The normalized spacial score (nSPS) is 10.5. The molecule has 1 N–H and O–H groups in total. The van der Waals surface area contributed by atoms with Gasteiger partial charge in [0.1, 0.15) is 0 Å². The molecule has 0 aliphatic carbocycles. The Morgan fingerprint density at radius 1 is 1.50 bits per heavy atom. The van der Waals surface area contributed by atoms with Gasteiger partial charge in [-0.3, -0.25) is 9.59 Å². The summed E-state index contributed by atoms with van der Waals surface area (Å²) in [7, 11) is 1.63. The number of amides is 2. The van der Waals surface area contributed by atoms with Crippen LogP contribution in [0.5, 0.6) is 0 Å². The van der Waals surface area contributed by atoms with Gasteiger partial charge < -0.3 is 10.2 Å². The zero-order chi connectivity index (χ0) is 13.7. The fourth-order valence-electron chi connectivity index (χ4n) is 1.30. The number of carbonyl (C=O) groups excluding carboxylic acids is 2. The van der Waals surface area contributed by atoms with Crippen molar-refractivity contribution in [1.82, 2.24) is 10.2 Å². The Morgan fingerprint density at radius 2 is 2.17 bits per heavy atom. The molecule has 0 saturated carbocycles. The lowest BCUT2D eigenvalue weighted by Gasteiger charge is -2.16. The first-order valence-corrected chi connectivity index (χ1v) is 7.33. The van der Waals surface area contributed by atoms with Crippen LogP contribution < -0.4 is 5.32 Å². The molecule has 0 spiro atoms. The van der Waals surface area contributed by atoms with E-state index in [9.17, 15) is 9.59 Å². The Bertz CT molecular complexity index is 431. The third-order valence-corrected chi connectivity index (χ3v) is 3.75. The van der Waals surface area contributed by atoms with Gasteiger partial charge in [-0.15, -0.1) is 11.3 Å². The summed E-state index contributed by atoms with van der Waals surface area (Å²) < 4.78 is 0.906. The SMILES string of the molecule is CC(C)CNC(=O)CN(C)C(=O)c1csc(Br)c1. The number of nitrogens with one attached hydrogen (secondary N) is 1. The minimum absolute atomic E-state index is 0.0824. The predicted molar refractivity (Wildman–Crippen MR) is 76.8 cm³/mol. The molecule has 1 aromatic heterocycles. The van der Waals surface area contributed by atoms with Crippen molar-refractivity contribution in [3.8, 4) is 0 Å². The molecule has 0 atom stereocenters. The van der Waals surface area contributed by atoms with Gasteiger partial charge in [0.05, 0.1) is 15.9 Å². The number of rotatable bonds is 5. The summed E-state index contributed by atoms with van der Waals surface area (Å²) in [6.45, 7) is 4.76. The van der Waals surface area contributed by atoms with Crippen LogP contribution in [0.3, 0.4) is 0 Å². The molecule has 4 nitrogen and oxygen atoms in total. The summed E-state index contributed by atoms with van der Waals surface area (Å²) >= 11 is 4.76. The lowest BCUT2D eigenvalue weighted by molar-refractivity contribution is -0.121. The molecule has 18 heavy (non-hydrogen) atoms. The third-order valence-electron chi connectivity index (χ3n) is 2.25. The summed E-state index contributed by atoms with van der Waals surface area (Å²) in [5.74, 6) is 0.133. The molecule has 0 saturated heterocycles. The summed E-state index contributed by atoms with van der Waals surface area (Å²) in [6, 6.07) is 1.76. The van der Waals surface area contributed by atoms with E-state index in [1.54, 1.807) is 18.5 Å². The van der Waals surface area contributed by atoms with Gasteiger partial charge in [-0.1, -0.05) is 13.8 Å². The Hall–Kier alpha value is -0.880. The quantitative estimate of drug-likeness (QED) is 0.899. The van der Waals surface area contributed by atoms with Gasteiger partial charge in [-0.05, 0) is 27.9 Å². The lowest BCUT2D eigenvalue weighted by Crippen LogP contribution is -2.39. The summed E-state index contributed by atoms with van der Waals surface area (Å²) in [6.07, 6.45) is 0. The maximum atomic E-state index is 12.0. The van der Waals surface area contributed by atoms with Crippen LogP contribution in [0, 0.1) is 5.92 Å². The first kappa shape index (κ1) is 15.2. The molecule has 1 aromatic rings. The smallest absolute Gasteiger partial charge is 0.254 e. The van der Waals surface area contributed by atoms with Gasteiger partial charge in [0.25, 0.3) is 5.91 Å². The van der Waals surface area contributed by atoms with Crippen molar-refractivity contribution in [1.29, 1.82) is 0 Å². The van der Waals surface area contributed by atoms with E-state index < -0.39 is 0 Å².